The van der Waals surface area contributed by atoms with Crippen molar-refractivity contribution in [2.45, 2.75) is 39.5 Å². The summed E-state index contributed by atoms with van der Waals surface area (Å²) in [5, 5.41) is 7.64. The Balaban J connectivity index is 1.48. The fourth-order valence-electron chi connectivity index (χ4n) is 5.47. The quantitative estimate of drug-likeness (QED) is 0.320. The summed E-state index contributed by atoms with van der Waals surface area (Å²) in [5.74, 6) is 14.2. The van der Waals surface area contributed by atoms with E-state index in [1.165, 1.54) is 59.5 Å². The highest BCUT2D eigenvalue weighted by atomic mass is 14.1. The van der Waals surface area contributed by atoms with Gasteiger partial charge in [-0.3, -0.25) is 0 Å². The van der Waals surface area contributed by atoms with E-state index in [0.717, 1.165) is 31.2 Å². The van der Waals surface area contributed by atoms with E-state index in [0.29, 0.717) is 0 Å². The summed E-state index contributed by atoms with van der Waals surface area (Å²) in [5.41, 5.74) is 7.55. The second-order valence-electron chi connectivity index (χ2n) is 9.78. The zero-order valence-corrected chi connectivity index (χ0v) is 20.9. The largest absolute Gasteiger partial charge is 0.0658 e. The van der Waals surface area contributed by atoms with Crippen LogP contribution in [0.3, 0.4) is 0 Å². The number of hydrogen-bond acceptors (Lipinski definition) is 0. The van der Waals surface area contributed by atoms with Gasteiger partial charge in [-0.05, 0) is 82.8 Å². The summed E-state index contributed by atoms with van der Waals surface area (Å²) in [6.07, 6.45) is 3.98. The van der Waals surface area contributed by atoms with Gasteiger partial charge in [-0.15, -0.1) is 0 Å². The lowest BCUT2D eigenvalue weighted by molar-refractivity contribution is 1.04. The van der Waals surface area contributed by atoms with Crippen LogP contribution in [0.2, 0.25) is 0 Å². The molecule has 0 amide bonds. The zero-order valence-electron chi connectivity index (χ0n) is 20.9. The lowest BCUT2D eigenvalue weighted by Crippen LogP contribution is -2.32. The van der Waals surface area contributed by atoms with Crippen LogP contribution in [0.25, 0.3) is 33.1 Å². The Bertz CT molecular complexity index is 1910. The molecule has 0 fully saturated rings. The van der Waals surface area contributed by atoms with Crippen LogP contribution in [0.1, 0.15) is 43.7 Å². The third kappa shape index (κ3) is 4.06. The van der Waals surface area contributed by atoms with E-state index in [2.05, 4.69) is 122 Å². The Morgan fingerprint density at radius 1 is 0.444 bits per heavy atom. The number of benzene rings is 4. The number of hydrogen-bond donors (Lipinski definition) is 0. The average molecular weight is 461 g/mol. The second kappa shape index (κ2) is 9.41. The molecule has 2 aliphatic rings. The zero-order chi connectivity index (χ0) is 24.5. The summed E-state index contributed by atoms with van der Waals surface area (Å²) in [7, 11) is 0. The maximum atomic E-state index is 3.59. The summed E-state index contributed by atoms with van der Waals surface area (Å²) in [6.45, 7) is 4.40. The first-order valence-corrected chi connectivity index (χ1v) is 12.8. The molecule has 0 spiro atoms. The first-order valence-electron chi connectivity index (χ1n) is 12.8. The van der Waals surface area contributed by atoms with Gasteiger partial charge in [-0.25, -0.2) is 0 Å². The van der Waals surface area contributed by atoms with Gasteiger partial charge >= 0.3 is 0 Å². The minimum Gasteiger partial charge on any atom is -0.0658 e. The van der Waals surface area contributed by atoms with E-state index >= 15 is 0 Å². The highest BCUT2D eigenvalue weighted by Crippen LogP contribution is 2.22. The number of fused-ring (bicyclic) bond motifs is 3. The van der Waals surface area contributed by atoms with Gasteiger partial charge in [-0.2, -0.15) is 0 Å². The Morgan fingerprint density at radius 3 is 1.56 bits per heavy atom. The molecule has 0 aliphatic heterocycles. The third-order valence-electron chi connectivity index (χ3n) is 7.52. The molecule has 0 nitrogen and oxygen atoms in total. The molecule has 2 aliphatic carbocycles. The van der Waals surface area contributed by atoms with E-state index in [4.69, 9.17) is 0 Å². The van der Waals surface area contributed by atoms with Gasteiger partial charge in [-0.1, -0.05) is 108 Å². The molecule has 0 radical (unpaired) electrons. The van der Waals surface area contributed by atoms with E-state index in [9.17, 15) is 0 Å². The molecule has 6 rings (SSSR count). The summed E-state index contributed by atoms with van der Waals surface area (Å²) < 4.78 is 0. The van der Waals surface area contributed by atoms with Crippen LogP contribution >= 0.6 is 0 Å². The fraction of sp³-hybridized carbons (Fsp3) is 0.167. The molecular formula is C36H28. The van der Waals surface area contributed by atoms with Gasteiger partial charge in [0.25, 0.3) is 0 Å². The van der Waals surface area contributed by atoms with Crippen molar-refractivity contribution < 1.29 is 0 Å². The minimum absolute atomic E-state index is 0.927. The van der Waals surface area contributed by atoms with Crippen molar-refractivity contribution in [3.05, 3.63) is 117 Å². The Labute approximate surface area is 213 Å². The number of rotatable bonds is 0. The molecule has 4 aromatic carbocycles. The van der Waals surface area contributed by atoms with Crippen molar-refractivity contribution in [1.82, 2.24) is 0 Å². The van der Waals surface area contributed by atoms with Crippen molar-refractivity contribution in [2.24, 2.45) is 0 Å². The fourth-order valence-corrected chi connectivity index (χ4v) is 5.47. The molecule has 0 aromatic heterocycles. The van der Waals surface area contributed by atoms with Crippen LogP contribution in [0.5, 0.6) is 0 Å². The van der Waals surface area contributed by atoms with Gasteiger partial charge in [0.2, 0.25) is 0 Å². The van der Waals surface area contributed by atoms with Crippen LogP contribution < -0.4 is 20.9 Å². The molecule has 0 N–H and O–H groups in total. The second-order valence-corrected chi connectivity index (χ2v) is 9.78. The third-order valence-corrected chi connectivity index (χ3v) is 7.52. The van der Waals surface area contributed by atoms with Gasteiger partial charge in [0.1, 0.15) is 0 Å². The molecule has 0 atom stereocenters. The molecule has 36 heavy (non-hydrogen) atoms. The normalized spacial score (nSPS) is 14.4. The maximum absolute atomic E-state index is 3.59. The first-order chi connectivity index (χ1) is 17.7. The molecular weight excluding hydrogens is 432 g/mol. The monoisotopic (exact) mass is 460 g/mol. The first kappa shape index (κ1) is 22.2. The predicted octanol–water partition coefficient (Wildman–Crippen LogP) is 5.11. The maximum Gasteiger partial charge on any atom is 0.0327 e. The van der Waals surface area contributed by atoms with Crippen molar-refractivity contribution >= 4 is 33.1 Å². The minimum atomic E-state index is 0.927. The number of aryl methyl sites for hydroxylation is 1. The van der Waals surface area contributed by atoms with Crippen LogP contribution in [0.15, 0.2) is 84.9 Å². The van der Waals surface area contributed by atoms with Gasteiger partial charge < -0.3 is 0 Å². The SMILES string of the molecule is CC1=c2ccccc2=C(C#CC2=c3ccccc3=C(C#Cc3ccc(C)c4ccccc34)CC2)CC1. The lowest BCUT2D eigenvalue weighted by Gasteiger charge is -2.11. The van der Waals surface area contributed by atoms with E-state index in [1.54, 1.807) is 0 Å². The molecule has 0 unspecified atom stereocenters. The van der Waals surface area contributed by atoms with Crippen LogP contribution in [0.4, 0.5) is 0 Å². The summed E-state index contributed by atoms with van der Waals surface area (Å²) >= 11 is 0. The van der Waals surface area contributed by atoms with Crippen molar-refractivity contribution in [3.63, 3.8) is 0 Å². The molecule has 0 heterocycles. The Hall–Kier alpha value is -4.26. The summed E-state index contributed by atoms with van der Waals surface area (Å²) in [6, 6.07) is 30.2. The highest BCUT2D eigenvalue weighted by Gasteiger charge is 2.10. The van der Waals surface area contributed by atoms with E-state index in [1.807, 2.05) is 0 Å². The Morgan fingerprint density at radius 2 is 0.917 bits per heavy atom. The van der Waals surface area contributed by atoms with Crippen LogP contribution in [-0.4, -0.2) is 0 Å². The standard InChI is InChI=1S/C36H28/c1-25-15-17-27(33-11-5-3-9-31(25)33)19-21-29-23-24-30(36-14-8-7-13-35(29)36)22-20-28-18-16-26(2)32-10-4-6-12-34(28)32/h3-15,17H,16,18,23-24H2,1-2H3. The molecule has 0 heteroatoms. The van der Waals surface area contributed by atoms with Gasteiger partial charge in [0, 0.05) is 22.3 Å². The van der Waals surface area contributed by atoms with Crippen molar-refractivity contribution in [2.75, 3.05) is 0 Å². The van der Waals surface area contributed by atoms with Crippen molar-refractivity contribution in [3.8, 4) is 23.7 Å². The Kier molecular flexibility index (Phi) is 5.81. The lowest BCUT2D eigenvalue weighted by atomic mass is 9.92. The van der Waals surface area contributed by atoms with Gasteiger partial charge in [0.15, 0.2) is 0 Å². The average Bonchev–Trinajstić information content (AvgIpc) is 2.93. The topological polar surface area (TPSA) is 0 Å². The molecule has 0 bridgehead atoms. The van der Waals surface area contributed by atoms with E-state index < -0.39 is 0 Å². The van der Waals surface area contributed by atoms with Crippen LogP contribution in [-0.2, 0) is 0 Å². The van der Waals surface area contributed by atoms with Crippen molar-refractivity contribution in [1.29, 1.82) is 0 Å². The van der Waals surface area contributed by atoms with Gasteiger partial charge in [0.05, 0.1) is 0 Å². The summed E-state index contributed by atoms with van der Waals surface area (Å²) in [4.78, 5) is 0. The predicted molar refractivity (Wildman–Crippen MR) is 152 cm³/mol. The highest BCUT2D eigenvalue weighted by molar-refractivity contribution is 5.91. The molecule has 0 saturated heterocycles. The van der Waals surface area contributed by atoms with Crippen LogP contribution in [0, 0.1) is 30.6 Å². The smallest absolute Gasteiger partial charge is 0.0327 e. The van der Waals surface area contributed by atoms with E-state index in [-0.39, 0.29) is 0 Å². The molecule has 4 aromatic rings. The molecule has 0 saturated carbocycles. The molecule has 172 valence electrons.